The molecule has 0 radical (unpaired) electrons. The van der Waals surface area contributed by atoms with Crippen LogP contribution in [0.2, 0.25) is 0 Å². The van der Waals surface area contributed by atoms with Crippen LogP contribution in [0.4, 0.5) is 52.7 Å². The van der Waals surface area contributed by atoms with Crippen molar-refractivity contribution < 1.29 is 52.7 Å². The van der Waals surface area contributed by atoms with Gasteiger partial charge in [0.1, 0.15) is 0 Å². The summed E-state index contributed by atoms with van der Waals surface area (Å²) in [7, 11) is 0. The predicted octanol–water partition coefficient (Wildman–Crippen LogP) is 2.54. The minimum absolute atomic E-state index is 2.74. The molecule has 0 aromatic carbocycles. The average Bonchev–Trinajstić information content (AvgIpc) is 2.01. The van der Waals surface area contributed by atoms with E-state index >= 15 is 0 Å². The zero-order chi connectivity index (χ0) is 17.3. The van der Waals surface area contributed by atoms with Crippen molar-refractivity contribution in [3.05, 3.63) is 0 Å². The van der Waals surface area contributed by atoms with Crippen molar-refractivity contribution in [1.29, 1.82) is 0 Å². The minimum Gasteiger partial charge on any atom is -0.171 e. The van der Waals surface area contributed by atoms with Gasteiger partial charge in [-0.25, -0.2) is 0 Å². The maximum atomic E-state index is 13.4. The molecule has 4 heterocycles. The van der Waals surface area contributed by atoms with E-state index in [4.69, 9.17) is 0 Å². The molecule has 128 valence electrons. The molecule has 0 amide bonds. The maximum Gasteiger partial charge on any atom is 0.392 e. The van der Waals surface area contributed by atoms with Crippen molar-refractivity contribution >= 4 is 0 Å². The molecular weight excluding hydrogens is 356 g/mol. The topological polar surface area (TPSA) is 13.0 Å². The van der Waals surface area contributed by atoms with Crippen molar-refractivity contribution in [2.45, 2.75) is 37.0 Å². The number of hydrogen-bond acceptors (Lipinski definition) is 4. The fourth-order valence-corrected chi connectivity index (χ4v) is 2.54. The minimum atomic E-state index is -6.34. The highest BCUT2D eigenvalue weighted by molar-refractivity contribution is 5.10. The molecule has 4 nitrogen and oxygen atoms in total. The van der Waals surface area contributed by atoms with Gasteiger partial charge in [-0.3, -0.25) is 0 Å². The summed E-state index contributed by atoms with van der Waals surface area (Å²) in [6.45, 7) is 0. The third-order valence-corrected chi connectivity index (χ3v) is 3.23. The van der Waals surface area contributed by atoms with Crippen molar-refractivity contribution in [1.82, 2.24) is 19.6 Å². The molecule has 4 fully saturated rings. The monoisotopic (exact) mass is 356 g/mol. The molecule has 0 aromatic heterocycles. The molecule has 4 aliphatic heterocycles. The molecule has 0 spiro atoms. The zero-order valence-corrected chi connectivity index (χ0v) is 9.32. The van der Waals surface area contributed by atoms with Crippen LogP contribution in [-0.4, -0.2) is 56.6 Å². The van der Waals surface area contributed by atoms with Crippen LogP contribution in [0.3, 0.4) is 0 Å². The Morgan fingerprint density at radius 1 is 0.273 bits per heavy atom. The Labute approximate surface area is 111 Å². The quantitative estimate of drug-likeness (QED) is 0.489. The Balaban J connectivity index is 2.41. The van der Waals surface area contributed by atoms with E-state index in [0.717, 1.165) is 0 Å². The number of halogens is 12. The number of nitrogens with zero attached hydrogens (tertiary/aromatic N) is 4. The van der Waals surface area contributed by atoms with Crippen LogP contribution in [0, 0.1) is 0 Å². The summed E-state index contributed by atoms with van der Waals surface area (Å²) in [5.74, 6) is 0. The van der Waals surface area contributed by atoms with Crippen LogP contribution in [0.15, 0.2) is 0 Å². The first-order chi connectivity index (χ1) is 9.46. The first-order valence-electron chi connectivity index (χ1n) is 4.95. The molecule has 0 unspecified atom stereocenters. The molecular formula is C6F12N4. The summed E-state index contributed by atoms with van der Waals surface area (Å²) in [5, 5.41) is 0. The van der Waals surface area contributed by atoms with Crippen LogP contribution in [-0.2, 0) is 0 Å². The normalized spacial score (nSPS) is 47.5. The Bertz CT molecular complexity index is 384. The molecule has 4 rings (SSSR count). The molecule has 0 aromatic rings. The molecule has 4 saturated heterocycles. The van der Waals surface area contributed by atoms with E-state index in [1.807, 2.05) is 0 Å². The van der Waals surface area contributed by atoms with E-state index in [-0.39, 0.29) is 0 Å². The second-order valence-electron chi connectivity index (χ2n) is 4.40. The van der Waals surface area contributed by atoms with Gasteiger partial charge < -0.3 is 0 Å². The van der Waals surface area contributed by atoms with E-state index in [1.165, 1.54) is 0 Å². The van der Waals surface area contributed by atoms with E-state index in [1.54, 1.807) is 0 Å². The molecule has 0 aliphatic carbocycles. The van der Waals surface area contributed by atoms with Crippen LogP contribution >= 0.6 is 0 Å². The van der Waals surface area contributed by atoms with E-state index < -0.39 is 56.6 Å². The van der Waals surface area contributed by atoms with Crippen molar-refractivity contribution in [3.8, 4) is 0 Å². The van der Waals surface area contributed by atoms with Gasteiger partial charge in [0.2, 0.25) is 0 Å². The number of hydrogen-bond donors (Lipinski definition) is 0. The molecule has 16 heteroatoms. The summed E-state index contributed by atoms with van der Waals surface area (Å²) in [5.41, 5.74) is 0. The highest BCUT2D eigenvalue weighted by atomic mass is 19.3. The van der Waals surface area contributed by atoms with Crippen LogP contribution in [0.25, 0.3) is 0 Å². The first kappa shape index (κ1) is 15.9. The molecule has 0 atom stereocenters. The molecule has 4 aliphatic rings. The Morgan fingerprint density at radius 3 is 0.455 bits per heavy atom. The molecule has 0 saturated carbocycles. The van der Waals surface area contributed by atoms with Gasteiger partial charge in [0.05, 0.1) is 0 Å². The number of alkyl halides is 12. The van der Waals surface area contributed by atoms with Crippen LogP contribution in [0.1, 0.15) is 0 Å². The van der Waals surface area contributed by atoms with E-state index in [0.29, 0.717) is 0 Å². The standard InChI is InChI=1S/C6F12N4/c7-1(8)19-2(9,10)21-4(13,14)20(1)5(15,16)22(3(19,11)12)6(21,17)18. The second-order valence-corrected chi connectivity index (χ2v) is 4.40. The molecule has 22 heavy (non-hydrogen) atoms. The maximum absolute atomic E-state index is 13.4. The van der Waals surface area contributed by atoms with Crippen molar-refractivity contribution in [2.24, 2.45) is 0 Å². The van der Waals surface area contributed by atoms with Crippen molar-refractivity contribution in [2.75, 3.05) is 0 Å². The largest absolute Gasteiger partial charge is 0.392 e. The fourth-order valence-electron chi connectivity index (χ4n) is 2.54. The SMILES string of the molecule is FC1(F)N2C(F)(F)N3C(F)(F)N1C(F)(F)N(C2(F)F)C3(F)F. The van der Waals surface area contributed by atoms with Gasteiger partial charge in [0.15, 0.2) is 0 Å². The van der Waals surface area contributed by atoms with Gasteiger partial charge in [-0.2, -0.15) is 52.7 Å². The first-order valence-corrected chi connectivity index (χ1v) is 4.95. The van der Waals surface area contributed by atoms with E-state index in [9.17, 15) is 52.7 Å². The van der Waals surface area contributed by atoms with Crippen LogP contribution in [0.5, 0.6) is 0 Å². The summed E-state index contributed by atoms with van der Waals surface area (Å²) in [6.07, 6.45) is -38.1. The highest BCUT2D eigenvalue weighted by Gasteiger charge is 3.00. The molecule has 4 bridgehead atoms. The van der Waals surface area contributed by atoms with Gasteiger partial charge in [0.25, 0.3) is 0 Å². The second kappa shape index (κ2) is 3.27. The summed E-state index contributed by atoms with van der Waals surface area (Å²) in [4.78, 5) is -10.9. The van der Waals surface area contributed by atoms with Gasteiger partial charge in [0, 0.05) is 0 Å². The zero-order valence-electron chi connectivity index (χ0n) is 9.32. The summed E-state index contributed by atoms with van der Waals surface area (Å²) in [6, 6.07) is 0. The Kier molecular flexibility index (Phi) is 2.36. The predicted molar refractivity (Wildman–Crippen MR) is 37.0 cm³/mol. The number of rotatable bonds is 0. The lowest BCUT2D eigenvalue weighted by molar-refractivity contribution is -0.712. The van der Waals surface area contributed by atoms with Crippen LogP contribution < -0.4 is 0 Å². The Morgan fingerprint density at radius 2 is 0.364 bits per heavy atom. The summed E-state index contributed by atoms with van der Waals surface area (Å²) >= 11 is 0. The fraction of sp³-hybridized carbons (Fsp3) is 1.00. The van der Waals surface area contributed by atoms with Gasteiger partial charge in [-0.15, -0.1) is 0 Å². The lowest BCUT2D eigenvalue weighted by Crippen LogP contribution is -3.01. The lowest BCUT2D eigenvalue weighted by atomic mass is 10.2. The highest BCUT2D eigenvalue weighted by Crippen LogP contribution is 2.70. The smallest absolute Gasteiger partial charge is 0.171 e. The van der Waals surface area contributed by atoms with Gasteiger partial charge in [-0.1, -0.05) is 19.6 Å². The lowest BCUT2D eigenvalue weighted by Gasteiger charge is -2.69. The average molecular weight is 356 g/mol. The summed E-state index contributed by atoms with van der Waals surface area (Å²) < 4.78 is 161. The molecule has 0 N–H and O–H groups in total. The third kappa shape index (κ3) is 1.22. The van der Waals surface area contributed by atoms with E-state index in [2.05, 4.69) is 0 Å². The van der Waals surface area contributed by atoms with Crippen molar-refractivity contribution in [3.63, 3.8) is 0 Å². The Hall–Kier alpha value is -1.00. The van der Waals surface area contributed by atoms with Gasteiger partial charge in [-0.05, 0) is 0 Å². The third-order valence-electron chi connectivity index (χ3n) is 3.23. The van der Waals surface area contributed by atoms with Gasteiger partial charge >= 0.3 is 37.0 Å².